The first-order valence-electron chi connectivity index (χ1n) is 11.8. The highest BCUT2D eigenvalue weighted by Gasteiger charge is 2.59. The van der Waals surface area contributed by atoms with Crippen LogP contribution in [0.15, 0.2) is 47.3 Å². The number of pyridine rings is 1. The van der Waals surface area contributed by atoms with Crippen LogP contribution in [0.4, 0.5) is 4.79 Å². The highest BCUT2D eigenvalue weighted by Crippen LogP contribution is 2.58. The second-order valence-corrected chi connectivity index (χ2v) is 11.5. The Morgan fingerprint density at radius 2 is 2.00 bits per heavy atom. The molecule has 9 heteroatoms. The maximum absolute atomic E-state index is 13.5. The quantitative estimate of drug-likeness (QED) is 0.651. The van der Waals surface area contributed by atoms with E-state index in [2.05, 4.69) is 4.98 Å². The zero-order valence-electron chi connectivity index (χ0n) is 19.2. The molecule has 0 unspecified atom stereocenters. The maximum Gasteiger partial charge on any atom is 0.410 e. The molecule has 1 saturated heterocycles. The van der Waals surface area contributed by atoms with Gasteiger partial charge in [0.15, 0.2) is 0 Å². The molecule has 3 aliphatic rings. The highest BCUT2D eigenvalue weighted by atomic mass is 32.2. The first-order chi connectivity index (χ1) is 16.3. The van der Waals surface area contributed by atoms with Gasteiger partial charge >= 0.3 is 6.09 Å². The fourth-order valence-corrected chi connectivity index (χ4v) is 6.98. The molecule has 1 saturated carbocycles. The van der Waals surface area contributed by atoms with E-state index in [1.807, 2.05) is 41.3 Å². The molecule has 182 valence electrons. The fraction of sp³-hybridized carbons (Fsp3) is 0.520. The van der Waals surface area contributed by atoms with Crippen LogP contribution in [-0.4, -0.2) is 43.8 Å². The van der Waals surface area contributed by atoms with Crippen LogP contribution in [0.2, 0.25) is 0 Å². The molecule has 0 spiro atoms. The molecule has 8 nitrogen and oxygen atoms in total. The Balaban J connectivity index is 1.51. The van der Waals surface area contributed by atoms with Gasteiger partial charge < -0.3 is 9.72 Å². The van der Waals surface area contributed by atoms with Gasteiger partial charge in [0.1, 0.15) is 6.61 Å². The van der Waals surface area contributed by atoms with Crippen molar-refractivity contribution in [1.82, 2.24) is 9.88 Å². The van der Waals surface area contributed by atoms with Gasteiger partial charge in [-0.3, -0.25) is 13.9 Å². The average molecular weight is 487 g/mol. The number of carbonyl (C=O) groups is 1. The van der Waals surface area contributed by atoms with Crippen molar-refractivity contribution in [3.05, 3.63) is 69.6 Å². The SMILES string of the molecule is CS(=O)(=O)OC[C@@H]1C[C@@H]2Cc3[nH]c(=O)ccc3[C@]3(C1)[C@@H]2CCCN3C(=O)OCc1ccccc1. The number of piperidine rings is 1. The lowest BCUT2D eigenvalue weighted by molar-refractivity contribution is -0.0905. The number of carbonyl (C=O) groups excluding carboxylic acids is 1. The van der Waals surface area contributed by atoms with E-state index >= 15 is 0 Å². The van der Waals surface area contributed by atoms with Crippen LogP contribution in [0.1, 0.15) is 42.5 Å². The molecule has 4 atom stereocenters. The molecular formula is C25H30N2O6S. The smallest absolute Gasteiger partial charge is 0.410 e. The summed E-state index contributed by atoms with van der Waals surface area (Å²) in [5.74, 6) is 0.411. The van der Waals surface area contributed by atoms with E-state index in [1.165, 1.54) is 6.07 Å². The third-order valence-corrected chi connectivity index (χ3v) is 8.24. The second kappa shape index (κ2) is 8.85. The van der Waals surface area contributed by atoms with Gasteiger partial charge in [-0.1, -0.05) is 30.3 Å². The zero-order chi connectivity index (χ0) is 23.9. The van der Waals surface area contributed by atoms with Crippen molar-refractivity contribution in [1.29, 1.82) is 0 Å². The Kier molecular flexibility index (Phi) is 6.02. The monoisotopic (exact) mass is 486 g/mol. The molecule has 1 amide bonds. The zero-order valence-corrected chi connectivity index (χ0v) is 20.1. The number of hydrogen-bond acceptors (Lipinski definition) is 6. The first-order valence-corrected chi connectivity index (χ1v) is 13.6. The van der Waals surface area contributed by atoms with Gasteiger partial charge in [0, 0.05) is 18.3 Å². The lowest BCUT2D eigenvalue weighted by Gasteiger charge is -2.61. The van der Waals surface area contributed by atoms with Crippen LogP contribution in [0.25, 0.3) is 0 Å². The number of H-pyrrole nitrogens is 1. The topological polar surface area (TPSA) is 106 Å². The normalized spacial score (nSPS) is 28.0. The Labute approximate surface area is 199 Å². The number of ether oxygens (including phenoxy) is 1. The van der Waals surface area contributed by atoms with E-state index in [-0.39, 0.29) is 42.6 Å². The number of benzene rings is 1. The number of likely N-dealkylation sites (tertiary alicyclic amines) is 1. The van der Waals surface area contributed by atoms with Gasteiger partial charge in [0.25, 0.3) is 10.1 Å². The molecule has 34 heavy (non-hydrogen) atoms. The van der Waals surface area contributed by atoms with E-state index in [9.17, 15) is 18.0 Å². The lowest BCUT2D eigenvalue weighted by atomic mass is 9.53. The summed E-state index contributed by atoms with van der Waals surface area (Å²) in [7, 11) is -3.57. The standard InChI is InChI=1S/C25H30N2O6S/c1-34(30,31)33-16-18-12-19-13-22-21(9-10-23(28)26-22)25(14-18)20(19)8-5-11-27(25)24(29)32-15-17-6-3-2-4-7-17/h2-4,6-7,9-10,18-20H,5,8,11-16H2,1H3,(H,26,28)/t18-,19-,20-,25+/m1/s1. The van der Waals surface area contributed by atoms with Crippen molar-refractivity contribution in [3.63, 3.8) is 0 Å². The van der Waals surface area contributed by atoms with Crippen molar-refractivity contribution in [2.24, 2.45) is 17.8 Å². The van der Waals surface area contributed by atoms with Crippen LogP contribution >= 0.6 is 0 Å². The number of hydrogen-bond donors (Lipinski definition) is 1. The largest absolute Gasteiger partial charge is 0.445 e. The summed E-state index contributed by atoms with van der Waals surface area (Å²) in [5.41, 5.74) is 1.93. The second-order valence-electron chi connectivity index (χ2n) is 9.84. The van der Waals surface area contributed by atoms with Crippen LogP contribution in [0.5, 0.6) is 0 Å². The first kappa shape index (κ1) is 23.1. The highest BCUT2D eigenvalue weighted by molar-refractivity contribution is 7.85. The summed E-state index contributed by atoms with van der Waals surface area (Å²) >= 11 is 0. The third kappa shape index (κ3) is 4.27. The molecule has 5 rings (SSSR count). The van der Waals surface area contributed by atoms with Gasteiger partial charge in [-0.25, -0.2) is 4.79 Å². The molecule has 1 aromatic heterocycles. The van der Waals surface area contributed by atoms with Gasteiger partial charge in [-0.2, -0.15) is 8.42 Å². The molecule has 1 aliphatic heterocycles. The van der Waals surface area contributed by atoms with E-state index in [4.69, 9.17) is 8.92 Å². The van der Waals surface area contributed by atoms with Crippen molar-refractivity contribution in [2.45, 2.75) is 44.2 Å². The molecule has 2 aromatic rings. The number of aromatic amines is 1. The molecule has 0 radical (unpaired) electrons. The number of rotatable bonds is 5. The Morgan fingerprint density at radius 3 is 2.76 bits per heavy atom. The minimum Gasteiger partial charge on any atom is -0.445 e. The number of aromatic nitrogens is 1. The van der Waals surface area contributed by atoms with Gasteiger partial charge in [-0.05, 0) is 67.1 Å². The maximum atomic E-state index is 13.5. The molecule has 2 heterocycles. The van der Waals surface area contributed by atoms with Gasteiger partial charge in [0.05, 0.1) is 18.4 Å². The number of amides is 1. The molecule has 1 N–H and O–H groups in total. The average Bonchev–Trinajstić information content (AvgIpc) is 2.80. The summed E-state index contributed by atoms with van der Waals surface area (Å²) < 4.78 is 34.3. The van der Waals surface area contributed by atoms with Crippen molar-refractivity contribution in [2.75, 3.05) is 19.4 Å². The third-order valence-electron chi connectivity index (χ3n) is 7.67. The fourth-order valence-electron chi connectivity index (χ4n) is 6.54. The predicted molar refractivity (Wildman–Crippen MR) is 126 cm³/mol. The minimum absolute atomic E-state index is 0.0291. The van der Waals surface area contributed by atoms with E-state index < -0.39 is 15.7 Å². The molecule has 1 aromatic carbocycles. The van der Waals surface area contributed by atoms with Crippen molar-refractivity contribution >= 4 is 16.2 Å². The molecule has 2 fully saturated rings. The molecule has 2 aliphatic carbocycles. The van der Waals surface area contributed by atoms with Crippen LogP contribution in [0, 0.1) is 17.8 Å². The summed E-state index contributed by atoms with van der Waals surface area (Å²) in [4.78, 5) is 30.5. The summed E-state index contributed by atoms with van der Waals surface area (Å²) in [6.07, 6.45) is 4.62. The number of nitrogens with zero attached hydrogens (tertiary/aromatic N) is 1. The van der Waals surface area contributed by atoms with Crippen LogP contribution in [0.3, 0.4) is 0 Å². The van der Waals surface area contributed by atoms with Crippen LogP contribution in [-0.2, 0) is 37.6 Å². The van der Waals surface area contributed by atoms with Gasteiger partial charge in [-0.15, -0.1) is 0 Å². The van der Waals surface area contributed by atoms with E-state index in [0.717, 1.165) is 42.3 Å². The minimum atomic E-state index is -3.57. The summed E-state index contributed by atoms with van der Waals surface area (Å²) in [5, 5.41) is 0. The summed E-state index contributed by atoms with van der Waals surface area (Å²) in [6, 6.07) is 12.9. The summed E-state index contributed by atoms with van der Waals surface area (Å²) in [6.45, 7) is 0.823. The Bertz CT molecular complexity index is 1230. The Morgan fingerprint density at radius 1 is 1.21 bits per heavy atom. The van der Waals surface area contributed by atoms with E-state index in [1.54, 1.807) is 0 Å². The van der Waals surface area contributed by atoms with Crippen molar-refractivity contribution in [3.8, 4) is 0 Å². The van der Waals surface area contributed by atoms with E-state index in [0.29, 0.717) is 19.4 Å². The van der Waals surface area contributed by atoms with Crippen molar-refractivity contribution < 1.29 is 22.1 Å². The lowest BCUT2D eigenvalue weighted by Crippen LogP contribution is -2.64. The number of fused-ring (bicyclic) bond motifs is 1. The predicted octanol–water partition coefficient (Wildman–Crippen LogP) is 3.18. The molecular weight excluding hydrogens is 456 g/mol. The van der Waals surface area contributed by atoms with Gasteiger partial charge in [0.2, 0.25) is 5.56 Å². The molecule has 2 bridgehead atoms. The Hall–Kier alpha value is -2.65. The van der Waals surface area contributed by atoms with Crippen LogP contribution < -0.4 is 5.56 Å². The number of nitrogens with one attached hydrogen (secondary N) is 1.